The molecular formula is C24H31NO3. The van der Waals surface area contributed by atoms with E-state index in [0.29, 0.717) is 34.8 Å². The number of nitrogens with zero attached hydrogens (tertiary/aromatic N) is 1. The summed E-state index contributed by atoms with van der Waals surface area (Å²) in [6.07, 6.45) is 2.35. The molecule has 0 bridgehead atoms. The van der Waals surface area contributed by atoms with E-state index in [-0.39, 0.29) is 18.0 Å². The van der Waals surface area contributed by atoms with Gasteiger partial charge in [-0.15, -0.1) is 0 Å². The molecule has 150 valence electrons. The highest BCUT2D eigenvalue weighted by Gasteiger charge is 2.34. The van der Waals surface area contributed by atoms with Gasteiger partial charge in [0.25, 0.3) is 0 Å². The van der Waals surface area contributed by atoms with Crippen LogP contribution < -0.4 is 0 Å². The molecule has 0 saturated carbocycles. The molecular weight excluding hydrogens is 350 g/mol. The number of ketones is 2. The highest BCUT2D eigenvalue weighted by Crippen LogP contribution is 2.32. The van der Waals surface area contributed by atoms with Crippen LogP contribution in [0, 0.1) is 0 Å². The lowest BCUT2D eigenvalue weighted by atomic mass is 9.80. The van der Waals surface area contributed by atoms with E-state index < -0.39 is 5.60 Å². The van der Waals surface area contributed by atoms with Crippen molar-refractivity contribution in [2.75, 3.05) is 19.6 Å². The number of allylic oxidation sites excluding steroid dienone is 3. The Labute approximate surface area is 167 Å². The number of carbonyl (C=O) groups is 2. The topological polar surface area (TPSA) is 57.6 Å². The van der Waals surface area contributed by atoms with Gasteiger partial charge in [0.1, 0.15) is 0 Å². The van der Waals surface area contributed by atoms with Gasteiger partial charge in [-0.3, -0.25) is 9.59 Å². The number of benzene rings is 1. The summed E-state index contributed by atoms with van der Waals surface area (Å²) in [5, 5.41) is 11.0. The SMILES string of the molecule is CC1=C(C)C(=O)C(C[C@](C)(O)CN2CCC(c3ccccc3)CC2)=C(C)C1=O. The van der Waals surface area contributed by atoms with Gasteiger partial charge in [0.2, 0.25) is 0 Å². The van der Waals surface area contributed by atoms with Crippen molar-refractivity contribution < 1.29 is 14.7 Å². The van der Waals surface area contributed by atoms with E-state index in [2.05, 4.69) is 29.2 Å². The van der Waals surface area contributed by atoms with E-state index in [4.69, 9.17) is 0 Å². The normalized spacial score (nSPS) is 22.0. The first-order valence-electron chi connectivity index (χ1n) is 10.2. The molecule has 0 amide bonds. The monoisotopic (exact) mass is 381 g/mol. The van der Waals surface area contributed by atoms with Crippen molar-refractivity contribution >= 4 is 11.6 Å². The van der Waals surface area contributed by atoms with Crippen molar-refractivity contribution in [2.24, 2.45) is 0 Å². The van der Waals surface area contributed by atoms with E-state index in [9.17, 15) is 14.7 Å². The van der Waals surface area contributed by atoms with E-state index in [1.807, 2.05) is 6.07 Å². The molecule has 0 radical (unpaired) electrons. The lowest BCUT2D eigenvalue weighted by Gasteiger charge is -2.37. The van der Waals surface area contributed by atoms with Gasteiger partial charge in [0, 0.05) is 35.3 Å². The third-order valence-corrected chi connectivity index (χ3v) is 6.29. The fraction of sp³-hybridized carbons (Fsp3) is 0.500. The zero-order chi connectivity index (χ0) is 20.5. The van der Waals surface area contributed by atoms with Crippen LogP contribution in [-0.2, 0) is 9.59 Å². The molecule has 1 aliphatic heterocycles. The van der Waals surface area contributed by atoms with Crippen LogP contribution in [0.5, 0.6) is 0 Å². The molecule has 3 rings (SSSR count). The molecule has 1 atom stereocenters. The van der Waals surface area contributed by atoms with Crippen molar-refractivity contribution in [2.45, 2.75) is 58.5 Å². The lowest BCUT2D eigenvalue weighted by Crippen LogP contribution is -2.45. The molecule has 1 fully saturated rings. The van der Waals surface area contributed by atoms with Gasteiger partial charge in [0.15, 0.2) is 11.6 Å². The molecule has 28 heavy (non-hydrogen) atoms. The molecule has 1 N–H and O–H groups in total. The third-order valence-electron chi connectivity index (χ3n) is 6.29. The summed E-state index contributed by atoms with van der Waals surface area (Å²) in [6, 6.07) is 10.6. The van der Waals surface area contributed by atoms with Crippen molar-refractivity contribution in [3.05, 3.63) is 58.2 Å². The van der Waals surface area contributed by atoms with Gasteiger partial charge in [-0.2, -0.15) is 0 Å². The number of piperidine rings is 1. The summed E-state index contributed by atoms with van der Waals surface area (Å²) >= 11 is 0. The van der Waals surface area contributed by atoms with Gasteiger partial charge in [-0.1, -0.05) is 30.3 Å². The van der Waals surface area contributed by atoms with E-state index in [1.54, 1.807) is 27.7 Å². The van der Waals surface area contributed by atoms with Crippen molar-refractivity contribution in [3.8, 4) is 0 Å². The number of hydrogen-bond donors (Lipinski definition) is 1. The summed E-state index contributed by atoms with van der Waals surface area (Å²) in [4.78, 5) is 27.3. The maximum atomic E-state index is 12.7. The first-order chi connectivity index (χ1) is 13.2. The zero-order valence-electron chi connectivity index (χ0n) is 17.4. The number of β-amino-alcohol motifs (C(OH)–C–C–N with tert-alkyl or cyclic N) is 1. The van der Waals surface area contributed by atoms with Crippen LogP contribution >= 0.6 is 0 Å². The first-order valence-corrected chi connectivity index (χ1v) is 10.2. The van der Waals surface area contributed by atoms with Crippen LogP contribution in [0.2, 0.25) is 0 Å². The Bertz CT molecular complexity index is 825. The Morgan fingerprint density at radius 2 is 1.54 bits per heavy atom. The van der Waals surface area contributed by atoms with Gasteiger partial charge in [0.05, 0.1) is 5.60 Å². The second-order valence-corrected chi connectivity index (χ2v) is 8.65. The molecule has 0 unspecified atom stereocenters. The lowest BCUT2D eigenvalue weighted by molar-refractivity contribution is -0.117. The molecule has 2 aliphatic rings. The molecule has 0 aromatic heterocycles. The average Bonchev–Trinajstić information content (AvgIpc) is 2.69. The Hall–Kier alpha value is -2.04. The van der Waals surface area contributed by atoms with Gasteiger partial charge < -0.3 is 10.0 Å². The van der Waals surface area contributed by atoms with Crippen LogP contribution in [0.15, 0.2) is 52.6 Å². The van der Waals surface area contributed by atoms with Crippen molar-refractivity contribution in [3.63, 3.8) is 0 Å². The Morgan fingerprint density at radius 3 is 2.14 bits per heavy atom. The summed E-state index contributed by atoms with van der Waals surface area (Å²) in [6.45, 7) is 9.24. The second-order valence-electron chi connectivity index (χ2n) is 8.65. The predicted octanol–water partition coefficient (Wildman–Crippen LogP) is 3.81. The third kappa shape index (κ3) is 4.34. The Kier molecular flexibility index (Phi) is 6.01. The predicted molar refractivity (Wildman–Crippen MR) is 111 cm³/mol. The molecule has 1 saturated heterocycles. The summed E-state index contributed by atoms with van der Waals surface area (Å²) in [5.41, 5.74) is 2.32. The molecule has 4 nitrogen and oxygen atoms in total. The quantitative estimate of drug-likeness (QED) is 0.788. The van der Waals surface area contributed by atoms with E-state index >= 15 is 0 Å². The van der Waals surface area contributed by atoms with Gasteiger partial charge in [-0.25, -0.2) is 0 Å². The Morgan fingerprint density at radius 1 is 0.964 bits per heavy atom. The molecule has 1 aromatic rings. The molecule has 1 aliphatic carbocycles. The molecule has 4 heteroatoms. The molecule has 1 heterocycles. The molecule has 0 spiro atoms. The standard InChI is InChI=1S/C24H31NO3/c1-16-17(2)23(27)21(18(3)22(16)26)14-24(4,28)15-25-12-10-20(11-13-25)19-8-6-5-7-9-19/h5-9,20,28H,10-15H2,1-4H3/t24-/m0/s1. The minimum Gasteiger partial charge on any atom is -0.388 e. The largest absolute Gasteiger partial charge is 0.388 e. The van der Waals surface area contributed by atoms with Crippen LogP contribution in [0.3, 0.4) is 0 Å². The minimum atomic E-state index is -1.04. The number of carbonyl (C=O) groups excluding carboxylic acids is 2. The maximum absolute atomic E-state index is 12.7. The number of aliphatic hydroxyl groups is 1. The summed E-state index contributed by atoms with van der Waals surface area (Å²) in [7, 11) is 0. The van der Waals surface area contributed by atoms with Crippen LogP contribution in [0.4, 0.5) is 0 Å². The first kappa shape index (κ1) is 20.7. The minimum absolute atomic E-state index is 0.0772. The van der Waals surface area contributed by atoms with Gasteiger partial charge >= 0.3 is 0 Å². The van der Waals surface area contributed by atoms with Crippen molar-refractivity contribution in [1.29, 1.82) is 0 Å². The smallest absolute Gasteiger partial charge is 0.185 e. The fourth-order valence-electron chi connectivity index (χ4n) is 4.44. The highest BCUT2D eigenvalue weighted by molar-refractivity contribution is 6.24. The average molecular weight is 382 g/mol. The Balaban J connectivity index is 1.62. The number of likely N-dealkylation sites (tertiary alicyclic amines) is 1. The summed E-state index contributed by atoms with van der Waals surface area (Å²) in [5.74, 6) is 0.393. The van der Waals surface area contributed by atoms with Crippen LogP contribution in [0.1, 0.15) is 58.4 Å². The maximum Gasteiger partial charge on any atom is 0.185 e. The summed E-state index contributed by atoms with van der Waals surface area (Å²) < 4.78 is 0. The van der Waals surface area contributed by atoms with Crippen LogP contribution in [-0.4, -0.2) is 46.8 Å². The zero-order valence-corrected chi connectivity index (χ0v) is 17.4. The second kappa shape index (κ2) is 8.14. The van der Waals surface area contributed by atoms with Gasteiger partial charge in [-0.05, 0) is 65.1 Å². The van der Waals surface area contributed by atoms with E-state index in [0.717, 1.165) is 25.9 Å². The number of Topliss-reactive ketones (excluding diaryl/α,β-unsaturated/α-hetero) is 2. The number of rotatable bonds is 5. The highest BCUT2D eigenvalue weighted by atomic mass is 16.3. The van der Waals surface area contributed by atoms with Crippen molar-refractivity contribution in [1.82, 2.24) is 4.90 Å². The van der Waals surface area contributed by atoms with E-state index in [1.165, 1.54) is 5.56 Å². The molecule has 1 aromatic carbocycles. The van der Waals surface area contributed by atoms with Crippen LogP contribution in [0.25, 0.3) is 0 Å². The fourth-order valence-corrected chi connectivity index (χ4v) is 4.44. The number of hydrogen-bond acceptors (Lipinski definition) is 4.